The van der Waals surface area contributed by atoms with E-state index in [0.717, 1.165) is 5.56 Å². The van der Waals surface area contributed by atoms with Gasteiger partial charge in [-0.05, 0) is 17.7 Å². The number of benzene rings is 1. The molecule has 2 aromatic rings. The molecule has 0 atom stereocenters. The number of carboxylic acid groups (broad SMARTS) is 1. The molecule has 0 amide bonds. The van der Waals surface area contributed by atoms with Gasteiger partial charge in [-0.2, -0.15) is 0 Å². The average Bonchev–Trinajstić information content (AvgIpc) is 2.96. The van der Waals surface area contributed by atoms with Crippen molar-refractivity contribution in [1.29, 1.82) is 0 Å². The molecule has 2 rings (SSSR count). The monoisotopic (exact) mass is 296 g/mol. The van der Waals surface area contributed by atoms with E-state index >= 15 is 0 Å². The van der Waals surface area contributed by atoms with Crippen LogP contribution in [-0.2, 0) is 16.1 Å². The Kier molecular flexibility index (Phi) is 4.39. The van der Waals surface area contributed by atoms with Crippen LogP contribution in [0.1, 0.15) is 11.3 Å². The molecule has 1 aromatic carbocycles. The smallest absolute Gasteiger partial charge is 0.376 e. The zero-order valence-electron chi connectivity index (χ0n) is 11.4. The Labute approximate surface area is 126 Å². The third kappa shape index (κ3) is 3.41. The number of hydrogen-bond acceptors (Lipinski definition) is 3. The Morgan fingerprint density at radius 3 is 2.45 bits per heavy atom. The summed E-state index contributed by atoms with van der Waals surface area (Å²) in [5.41, 5.74) is 1.78. The molecule has 1 heterocycles. The van der Waals surface area contributed by atoms with E-state index in [1.165, 1.54) is 0 Å². The van der Waals surface area contributed by atoms with Gasteiger partial charge in [-0.25, -0.2) is 9.64 Å². The van der Waals surface area contributed by atoms with Crippen LogP contribution in [0, 0.1) is 6.57 Å². The van der Waals surface area contributed by atoms with Gasteiger partial charge in [-0.15, -0.1) is 0 Å². The van der Waals surface area contributed by atoms with Crippen LogP contribution >= 0.6 is 0 Å². The summed E-state index contributed by atoms with van der Waals surface area (Å²) >= 11 is 0. The first-order valence-corrected chi connectivity index (χ1v) is 6.31. The molecule has 0 saturated heterocycles. The molecule has 110 valence electrons. The van der Waals surface area contributed by atoms with E-state index in [1.807, 2.05) is 0 Å². The van der Waals surface area contributed by atoms with Crippen LogP contribution in [-0.4, -0.2) is 26.5 Å². The number of rotatable bonds is 5. The maximum atomic E-state index is 11.1. The van der Waals surface area contributed by atoms with Gasteiger partial charge in [0.1, 0.15) is 5.76 Å². The normalized spacial score (nSPS) is 11.0. The van der Waals surface area contributed by atoms with E-state index in [2.05, 4.69) is 4.85 Å². The van der Waals surface area contributed by atoms with Crippen molar-refractivity contribution in [2.24, 2.45) is 0 Å². The highest BCUT2D eigenvalue weighted by Crippen LogP contribution is 2.17. The highest BCUT2D eigenvalue weighted by atomic mass is 16.4. The van der Waals surface area contributed by atoms with Crippen LogP contribution < -0.4 is 0 Å². The standard InChI is InChI=1S/C16H12N2O4/c1-17-12-6-4-11(5-7-12)10-18-8-2-3-13(18)14(19)9-15(20)16(21)22/h2-9,19H,10H2,(H,21,22). The maximum absolute atomic E-state index is 11.1. The molecule has 0 spiro atoms. The first-order valence-electron chi connectivity index (χ1n) is 6.31. The van der Waals surface area contributed by atoms with Gasteiger partial charge in [0.2, 0.25) is 0 Å². The fourth-order valence-corrected chi connectivity index (χ4v) is 1.92. The van der Waals surface area contributed by atoms with Crippen LogP contribution in [0.2, 0.25) is 0 Å². The van der Waals surface area contributed by atoms with Gasteiger partial charge >= 0.3 is 5.97 Å². The molecule has 22 heavy (non-hydrogen) atoms. The Hall–Kier alpha value is -3.33. The lowest BCUT2D eigenvalue weighted by atomic mass is 10.2. The Morgan fingerprint density at radius 1 is 1.18 bits per heavy atom. The van der Waals surface area contributed by atoms with E-state index in [1.54, 1.807) is 47.2 Å². The molecule has 0 bridgehead atoms. The van der Waals surface area contributed by atoms with E-state index in [0.29, 0.717) is 24.0 Å². The average molecular weight is 296 g/mol. The molecular formula is C16H12N2O4. The molecule has 0 saturated carbocycles. The number of aliphatic hydroxyl groups is 1. The van der Waals surface area contributed by atoms with Gasteiger partial charge in [0.05, 0.1) is 12.3 Å². The molecule has 0 fully saturated rings. The second-order valence-corrected chi connectivity index (χ2v) is 4.50. The predicted octanol–water partition coefficient (Wildman–Crippen LogP) is 2.64. The van der Waals surface area contributed by atoms with Crippen molar-refractivity contribution in [3.63, 3.8) is 0 Å². The molecule has 0 aliphatic rings. The van der Waals surface area contributed by atoms with Crippen molar-refractivity contribution in [3.05, 3.63) is 71.3 Å². The van der Waals surface area contributed by atoms with Crippen molar-refractivity contribution in [1.82, 2.24) is 4.57 Å². The molecule has 2 N–H and O–H groups in total. The summed E-state index contributed by atoms with van der Waals surface area (Å²) in [5, 5.41) is 18.4. The van der Waals surface area contributed by atoms with Crippen molar-refractivity contribution in [3.8, 4) is 0 Å². The van der Waals surface area contributed by atoms with Gasteiger partial charge in [0, 0.05) is 18.8 Å². The molecule has 0 aliphatic carbocycles. The SMILES string of the molecule is [C-]#[N+]c1ccc(Cn2cccc2C(O)=CC(=O)C(=O)O)cc1. The number of aliphatic carboxylic acids is 1. The summed E-state index contributed by atoms with van der Waals surface area (Å²) in [7, 11) is 0. The van der Waals surface area contributed by atoms with Crippen LogP contribution in [0.5, 0.6) is 0 Å². The summed E-state index contributed by atoms with van der Waals surface area (Å²) in [6.07, 6.45) is 2.38. The molecule has 6 heteroatoms. The van der Waals surface area contributed by atoms with Crippen molar-refractivity contribution in [2.75, 3.05) is 0 Å². The van der Waals surface area contributed by atoms with Crippen molar-refractivity contribution >= 4 is 23.2 Å². The van der Waals surface area contributed by atoms with Gasteiger partial charge in [0.25, 0.3) is 5.78 Å². The summed E-state index contributed by atoms with van der Waals surface area (Å²) in [6, 6.07) is 10.2. The molecular weight excluding hydrogens is 284 g/mol. The Bertz CT molecular complexity index is 779. The number of aliphatic hydroxyl groups excluding tert-OH is 1. The summed E-state index contributed by atoms with van der Waals surface area (Å²) in [5.74, 6) is -3.22. The lowest BCUT2D eigenvalue weighted by Gasteiger charge is -2.09. The first-order chi connectivity index (χ1) is 10.5. The largest absolute Gasteiger partial charge is 0.506 e. The fraction of sp³-hybridized carbons (Fsp3) is 0.0625. The van der Waals surface area contributed by atoms with E-state index in [4.69, 9.17) is 11.7 Å². The number of carbonyl (C=O) groups excluding carboxylic acids is 1. The summed E-state index contributed by atoms with van der Waals surface area (Å²) in [6.45, 7) is 7.32. The van der Waals surface area contributed by atoms with Crippen LogP contribution in [0.15, 0.2) is 48.7 Å². The number of hydrogen-bond donors (Lipinski definition) is 2. The fourth-order valence-electron chi connectivity index (χ4n) is 1.92. The number of carboxylic acids is 1. The van der Waals surface area contributed by atoms with Crippen molar-refractivity contribution < 1.29 is 19.8 Å². The van der Waals surface area contributed by atoms with Crippen molar-refractivity contribution in [2.45, 2.75) is 6.54 Å². The highest BCUT2D eigenvalue weighted by molar-refractivity contribution is 6.38. The third-order valence-corrected chi connectivity index (χ3v) is 2.99. The van der Waals surface area contributed by atoms with E-state index < -0.39 is 17.5 Å². The predicted molar refractivity (Wildman–Crippen MR) is 79.5 cm³/mol. The van der Waals surface area contributed by atoms with Gasteiger partial charge in [0.15, 0.2) is 5.69 Å². The molecule has 0 aliphatic heterocycles. The highest BCUT2D eigenvalue weighted by Gasteiger charge is 2.13. The minimum atomic E-state index is -1.63. The van der Waals surface area contributed by atoms with Gasteiger partial charge in [-0.3, -0.25) is 4.79 Å². The second kappa shape index (κ2) is 6.41. The molecule has 6 nitrogen and oxygen atoms in total. The van der Waals surface area contributed by atoms with E-state index in [9.17, 15) is 14.7 Å². The third-order valence-electron chi connectivity index (χ3n) is 2.99. The molecule has 1 aromatic heterocycles. The van der Waals surface area contributed by atoms with E-state index in [-0.39, 0.29) is 0 Å². The maximum Gasteiger partial charge on any atom is 0.376 e. The van der Waals surface area contributed by atoms with Gasteiger partial charge in [-0.1, -0.05) is 24.3 Å². The number of carbonyl (C=O) groups is 2. The number of aromatic nitrogens is 1. The quantitative estimate of drug-likeness (QED) is 0.384. The molecule has 0 radical (unpaired) electrons. The Balaban J connectivity index is 2.24. The first kappa shape index (κ1) is 15.1. The molecule has 0 unspecified atom stereocenters. The minimum absolute atomic E-state index is 0.337. The number of ketones is 1. The van der Waals surface area contributed by atoms with Gasteiger partial charge < -0.3 is 14.8 Å². The van der Waals surface area contributed by atoms with Crippen LogP contribution in [0.4, 0.5) is 5.69 Å². The zero-order valence-corrected chi connectivity index (χ0v) is 11.4. The van der Waals surface area contributed by atoms with Crippen LogP contribution in [0.25, 0.3) is 10.6 Å². The Morgan fingerprint density at radius 2 is 1.86 bits per heavy atom. The topological polar surface area (TPSA) is 83.9 Å². The lowest BCUT2D eigenvalue weighted by Crippen LogP contribution is -2.10. The minimum Gasteiger partial charge on any atom is -0.506 e. The number of nitrogens with zero attached hydrogens (tertiary/aromatic N) is 2. The lowest BCUT2D eigenvalue weighted by molar-refractivity contribution is -0.146. The summed E-state index contributed by atoms with van der Waals surface area (Å²) in [4.78, 5) is 24.9. The summed E-state index contributed by atoms with van der Waals surface area (Å²) < 4.78 is 1.67. The second-order valence-electron chi connectivity index (χ2n) is 4.50. The van der Waals surface area contributed by atoms with Crippen LogP contribution in [0.3, 0.4) is 0 Å². The zero-order chi connectivity index (χ0) is 16.1.